The molecule has 1 aromatic carbocycles. The van der Waals surface area contributed by atoms with E-state index in [4.69, 9.17) is 0 Å². The number of nitrogens with zero attached hydrogens (tertiary/aromatic N) is 1. The minimum absolute atomic E-state index is 0.0445. The molecule has 6 heteroatoms. The van der Waals surface area contributed by atoms with Crippen LogP contribution in [0.25, 0.3) is 10.8 Å². The first kappa shape index (κ1) is 14.9. The van der Waals surface area contributed by atoms with E-state index in [0.29, 0.717) is 29.2 Å². The number of carbonyl (C=O) groups is 1. The third-order valence-corrected chi connectivity index (χ3v) is 5.13. The minimum atomic E-state index is -0.297. The Morgan fingerprint density at radius 1 is 1.17 bits per heavy atom. The molecular weight excluding hydrogens is 306 g/mol. The van der Waals surface area contributed by atoms with Crippen molar-refractivity contribution < 1.29 is 4.79 Å². The van der Waals surface area contributed by atoms with Crippen LogP contribution in [0, 0.1) is 17.8 Å². The van der Waals surface area contributed by atoms with Crippen LogP contribution in [0.5, 0.6) is 0 Å². The largest absolute Gasteiger partial charge is 0.354 e. The quantitative estimate of drug-likeness (QED) is 0.823. The molecule has 0 spiro atoms. The lowest BCUT2D eigenvalue weighted by Crippen LogP contribution is -2.38. The molecule has 0 unspecified atom stereocenters. The number of allylic oxidation sites excluding steroid dienone is 2. The normalized spacial score (nSPS) is 24.6. The zero-order valence-electron chi connectivity index (χ0n) is 13.2. The van der Waals surface area contributed by atoms with E-state index in [9.17, 15) is 14.4 Å². The fraction of sp³-hybridized carbons (Fsp3) is 0.389. The molecule has 4 rings (SSSR count). The van der Waals surface area contributed by atoms with Crippen molar-refractivity contribution in [1.82, 2.24) is 15.1 Å². The van der Waals surface area contributed by atoms with Gasteiger partial charge in [0.25, 0.3) is 11.1 Å². The van der Waals surface area contributed by atoms with Crippen molar-refractivity contribution in [2.75, 3.05) is 6.54 Å². The van der Waals surface area contributed by atoms with Gasteiger partial charge < -0.3 is 5.32 Å². The molecule has 24 heavy (non-hydrogen) atoms. The average Bonchev–Trinajstić information content (AvgIpc) is 3.22. The van der Waals surface area contributed by atoms with Gasteiger partial charge in [-0.1, -0.05) is 24.3 Å². The van der Waals surface area contributed by atoms with Crippen molar-refractivity contribution in [1.29, 1.82) is 0 Å². The first-order chi connectivity index (χ1) is 11.6. The molecule has 2 bridgehead atoms. The van der Waals surface area contributed by atoms with Gasteiger partial charge in [-0.25, -0.2) is 4.68 Å². The Kier molecular flexibility index (Phi) is 3.59. The summed E-state index contributed by atoms with van der Waals surface area (Å²) in [5, 5.41) is 6.25. The summed E-state index contributed by atoms with van der Waals surface area (Å²) >= 11 is 0. The number of aromatic amines is 1. The number of fused-ring (bicyclic) bond motifs is 3. The second kappa shape index (κ2) is 5.78. The van der Waals surface area contributed by atoms with Gasteiger partial charge >= 0.3 is 0 Å². The number of rotatable bonds is 4. The number of carbonyl (C=O) groups excluding carboxylic acids is 1. The van der Waals surface area contributed by atoms with Crippen LogP contribution in [0.15, 0.2) is 46.0 Å². The van der Waals surface area contributed by atoms with E-state index in [-0.39, 0.29) is 29.5 Å². The van der Waals surface area contributed by atoms with Crippen molar-refractivity contribution in [3.63, 3.8) is 0 Å². The smallest absolute Gasteiger partial charge is 0.273 e. The first-order valence-electron chi connectivity index (χ1n) is 8.31. The lowest BCUT2D eigenvalue weighted by molar-refractivity contribution is -0.125. The predicted octanol–water partition coefficient (Wildman–Crippen LogP) is 1.02. The van der Waals surface area contributed by atoms with Crippen LogP contribution in [0.3, 0.4) is 0 Å². The molecule has 2 N–H and O–H groups in total. The molecule has 0 aliphatic heterocycles. The van der Waals surface area contributed by atoms with E-state index < -0.39 is 0 Å². The number of nitrogens with one attached hydrogen (secondary N) is 2. The highest BCUT2D eigenvalue weighted by Crippen LogP contribution is 2.43. The molecule has 2 aliphatic carbocycles. The first-order valence-corrected chi connectivity index (χ1v) is 8.31. The maximum atomic E-state index is 12.4. The highest BCUT2D eigenvalue weighted by molar-refractivity contribution is 5.80. The van der Waals surface area contributed by atoms with Crippen LogP contribution in [-0.2, 0) is 11.3 Å². The van der Waals surface area contributed by atoms with E-state index in [0.717, 1.165) is 12.8 Å². The van der Waals surface area contributed by atoms with Crippen molar-refractivity contribution in [2.24, 2.45) is 17.8 Å². The van der Waals surface area contributed by atoms with Crippen LogP contribution in [0.4, 0.5) is 0 Å². The van der Waals surface area contributed by atoms with Crippen LogP contribution in [0.1, 0.15) is 12.8 Å². The highest BCUT2D eigenvalue weighted by Gasteiger charge is 2.39. The molecular formula is C18H19N3O3. The van der Waals surface area contributed by atoms with Crippen molar-refractivity contribution in [3.8, 4) is 0 Å². The second-order valence-corrected chi connectivity index (χ2v) is 6.62. The highest BCUT2D eigenvalue weighted by atomic mass is 16.2. The summed E-state index contributed by atoms with van der Waals surface area (Å²) in [6.45, 7) is 0.575. The summed E-state index contributed by atoms with van der Waals surface area (Å²) in [5.74, 6) is 0.999. The lowest BCUT2D eigenvalue weighted by atomic mass is 9.93. The molecule has 1 amide bonds. The fourth-order valence-corrected chi connectivity index (χ4v) is 3.91. The van der Waals surface area contributed by atoms with Gasteiger partial charge in [-0.15, -0.1) is 0 Å². The number of amides is 1. The van der Waals surface area contributed by atoms with Crippen LogP contribution >= 0.6 is 0 Å². The second-order valence-electron chi connectivity index (χ2n) is 6.62. The topological polar surface area (TPSA) is 84.0 Å². The van der Waals surface area contributed by atoms with E-state index in [1.54, 1.807) is 24.3 Å². The molecule has 124 valence electrons. The number of H-pyrrole nitrogens is 1. The van der Waals surface area contributed by atoms with Gasteiger partial charge in [0.15, 0.2) is 0 Å². The molecule has 0 radical (unpaired) electrons. The summed E-state index contributed by atoms with van der Waals surface area (Å²) < 4.78 is 1.27. The van der Waals surface area contributed by atoms with E-state index >= 15 is 0 Å². The SMILES string of the molecule is O=C(NCCn1[nH]c(=O)c2ccccc2c1=O)[C@@H]1C[C@@H]2C=C[C@H]1C2. The monoisotopic (exact) mass is 325 g/mol. The average molecular weight is 325 g/mol. The Morgan fingerprint density at radius 3 is 2.67 bits per heavy atom. The molecule has 0 saturated heterocycles. The summed E-state index contributed by atoms with van der Waals surface area (Å²) in [7, 11) is 0. The Labute approximate surface area is 138 Å². The molecule has 2 aliphatic rings. The molecule has 1 saturated carbocycles. The standard InChI is InChI=1S/C18H19N3O3/c22-16(15-10-11-5-6-12(15)9-11)19-7-8-21-18(24)14-4-2-1-3-13(14)17(23)20-21/h1-6,11-12,15H,7-10H2,(H,19,22)(H,20,23)/t11-,12+,15-/m1/s1. The summed E-state index contributed by atoms with van der Waals surface area (Å²) in [6.07, 6.45) is 6.34. The van der Waals surface area contributed by atoms with Crippen LogP contribution < -0.4 is 16.4 Å². The minimum Gasteiger partial charge on any atom is -0.354 e. The van der Waals surface area contributed by atoms with E-state index in [1.807, 2.05) is 0 Å². The molecule has 1 aromatic heterocycles. The zero-order valence-corrected chi connectivity index (χ0v) is 13.2. The van der Waals surface area contributed by atoms with Gasteiger partial charge in [0, 0.05) is 12.5 Å². The predicted molar refractivity (Wildman–Crippen MR) is 90.7 cm³/mol. The van der Waals surface area contributed by atoms with Crippen LogP contribution in [-0.4, -0.2) is 22.2 Å². The summed E-state index contributed by atoms with van der Waals surface area (Å²) in [5.41, 5.74) is -0.544. The summed E-state index contributed by atoms with van der Waals surface area (Å²) in [4.78, 5) is 36.7. The zero-order chi connectivity index (χ0) is 16.7. The number of aromatic nitrogens is 2. The van der Waals surface area contributed by atoms with Gasteiger partial charge in [-0.3, -0.25) is 19.5 Å². The number of benzene rings is 1. The Hall–Kier alpha value is -2.63. The summed E-state index contributed by atoms with van der Waals surface area (Å²) in [6, 6.07) is 6.73. The lowest BCUT2D eigenvalue weighted by Gasteiger charge is -2.17. The van der Waals surface area contributed by atoms with Gasteiger partial charge in [0.05, 0.1) is 17.3 Å². The third kappa shape index (κ3) is 2.48. The number of hydrogen-bond donors (Lipinski definition) is 2. The van der Waals surface area contributed by atoms with Gasteiger partial charge in [-0.2, -0.15) is 0 Å². The Morgan fingerprint density at radius 2 is 1.96 bits per heavy atom. The maximum absolute atomic E-state index is 12.4. The Balaban J connectivity index is 1.45. The van der Waals surface area contributed by atoms with Crippen molar-refractivity contribution >= 4 is 16.7 Å². The van der Waals surface area contributed by atoms with Gasteiger partial charge in [-0.05, 0) is 36.8 Å². The fourth-order valence-electron chi connectivity index (χ4n) is 3.91. The third-order valence-electron chi connectivity index (χ3n) is 5.13. The Bertz CT molecular complexity index is 940. The molecule has 1 heterocycles. The van der Waals surface area contributed by atoms with Crippen molar-refractivity contribution in [3.05, 3.63) is 57.1 Å². The number of hydrogen-bond acceptors (Lipinski definition) is 3. The van der Waals surface area contributed by atoms with Crippen molar-refractivity contribution in [2.45, 2.75) is 19.4 Å². The molecule has 6 nitrogen and oxygen atoms in total. The van der Waals surface area contributed by atoms with Gasteiger partial charge in [0.2, 0.25) is 5.91 Å². The van der Waals surface area contributed by atoms with E-state index in [1.165, 1.54) is 4.68 Å². The van der Waals surface area contributed by atoms with Gasteiger partial charge in [0.1, 0.15) is 0 Å². The molecule has 1 fully saturated rings. The maximum Gasteiger partial charge on any atom is 0.273 e. The van der Waals surface area contributed by atoms with E-state index in [2.05, 4.69) is 22.6 Å². The van der Waals surface area contributed by atoms with Crippen LogP contribution in [0.2, 0.25) is 0 Å². The molecule has 2 aromatic rings. The molecule has 3 atom stereocenters.